The molecule has 0 saturated heterocycles. The summed E-state index contributed by atoms with van der Waals surface area (Å²) >= 11 is 0. The molecule has 4 heteroatoms. The van der Waals surface area contributed by atoms with Crippen molar-refractivity contribution in [2.75, 3.05) is 12.8 Å². The van der Waals surface area contributed by atoms with Gasteiger partial charge in [0.1, 0.15) is 5.75 Å². The van der Waals surface area contributed by atoms with Crippen LogP contribution in [0.5, 0.6) is 5.75 Å². The second-order valence-corrected chi connectivity index (χ2v) is 4.27. The van der Waals surface area contributed by atoms with E-state index in [0.29, 0.717) is 11.6 Å². The molecule has 0 atom stereocenters. The van der Waals surface area contributed by atoms with Crippen LogP contribution < -0.4 is 10.5 Å². The zero-order chi connectivity index (χ0) is 12.4. The molecule has 2 rings (SSSR count). The Bertz CT molecular complexity index is 517. The monoisotopic (exact) mass is 231 g/mol. The Morgan fingerprint density at radius 2 is 2.12 bits per heavy atom. The number of nitrogens with zero attached hydrogens (tertiary/aromatic N) is 2. The SMILES string of the molecule is COc1cc(N)ccc1-n1cncc1C(C)C. The van der Waals surface area contributed by atoms with E-state index < -0.39 is 0 Å². The fourth-order valence-electron chi connectivity index (χ4n) is 1.83. The molecule has 90 valence electrons. The third-order valence-electron chi connectivity index (χ3n) is 2.72. The first-order valence-corrected chi connectivity index (χ1v) is 5.59. The molecule has 4 nitrogen and oxygen atoms in total. The van der Waals surface area contributed by atoms with Crippen LogP contribution in [0, 0.1) is 0 Å². The van der Waals surface area contributed by atoms with Crippen molar-refractivity contribution >= 4 is 5.69 Å². The average molecular weight is 231 g/mol. The number of nitrogen functional groups attached to an aromatic ring is 1. The third-order valence-corrected chi connectivity index (χ3v) is 2.72. The van der Waals surface area contributed by atoms with Crippen molar-refractivity contribution in [3.05, 3.63) is 36.4 Å². The van der Waals surface area contributed by atoms with E-state index in [1.807, 2.05) is 29.0 Å². The molecule has 0 saturated carbocycles. The molecule has 0 radical (unpaired) electrons. The number of nitrogens with two attached hydrogens (primary N) is 1. The second-order valence-electron chi connectivity index (χ2n) is 4.27. The quantitative estimate of drug-likeness (QED) is 0.826. The van der Waals surface area contributed by atoms with Crippen molar-refractivity contribution in [1.82, 2.24) is 9.55 Å². The molecule has 0 amide bonds. The smallest absolute Gasteiger partial charge is 0.144 e. The van der Waals surface area contributed by atoms with Gasteiger partial charge in [0.25, 0.3) is 0 Å². The molecular formula is C13H17N3O. The van der Waals surface area contributed by atoms with Crippen molar-refractivity contribution in [1.29, 1.82) is 0 Å². The molecule has 0 fully saturated rings. The van der Waals surface area contributed by atoms with Crippen LogP contribution in [0.3, 0.4) is 0 Å². The summed E-state index contributed by atoms with van der Waals surface area (Å²) in [6, 6.07) is 5.63. The lowest BCUT2D eigenvalue weighted by atomic mass is 10.1. The fourth-order valence-corrected chi connectivity index (χ4v) is 1.83. The van der Waals surface area contributed by atoms with Gasteiger partial charge in [0.2, 0.25) is 0 Å². The molecular weight excluding hydrogens is 214 g/mol. The fraction of sp³-hybridized carbons (Fsp3) is 0.308. The lowest BCUT2D eigenvalue weighted by Gasteiger charge is -2.14. The number of hydrogen-bond donors (Lipinski definition) is 1. The second kappa shape index (κ2) is 4.49. The van der Waals surface area contributed by atoms with Crippen LogP contribution in [-0.4, -0.2) is 16.7 Å². The average Bonchev–Trinajstić information content (AvgIpc) is 2.77. The molecule has 1 heterocycles. The lowest BCUT2D eigenvalue weighted by Crippen LogP contribution is -2.03. The lowest BCUT2D eigenvalue weighted by molar-refractivity contribution is 0.412. The predicted molar refractivity (Wildman–Crippen MR) is 68.6 cm³/mol. The molecule has 0 aliphatic rings. The number of imidazole rings is 1. The van der Waals surface area contributed by atoms with Crippen molar-refractivity contribution in [2.45, 2.75) is 19.8 Å². The summed E-state index contributed by atoms with van der Waals surface area (Å²) in [6.07, 6.45) is 3.67. The van der Waals surface area contributed by atoms with E-state index in [2.05, 4.69) is 18.8 Å². The minimum Gasteiger partial charge on any atom is -0.494 e. The van der Waals surface area contributed by atoms with Crippen molar-refractivity contribution in [3.8, 4) is 11.4 Å². The number of ether oxygens (including phenoxy) is 1. The number of aromatic nitrogens is 2. The Kier molecular flexibility index (Phi) is 3.04. The van der Waals surface area contributed by atoms with E-state index in [1.165, 1.54) is 0 Å². The molecule has 0 unspecified atom stereocenters. The maximum absolute atomic E-state index is 5.75. The molecule has 2 aromatic rings. The molecule has 2 N–H and O–H groups in total. The Morgan fingerprint density at radius 1 is 1.35 bits per heavy atom. The summed E-state index contributed by atoms with van der Waals surface area (Å²) in [5.41, 5.74) is 8.55. The molecule has 1 aromatic carbocycles. The molecule has 0 aliphatic heterocycles. The van der Waals surface area contributed by atoms with Gasteiger partial charge in [0.15, 0.2) is 0 Å². The van der Waals surface area contributed by atoms with Gasteiger partial charge in [-0.25, -0.2) is 4.98 Å². The predicted octanol–water partition coefficient (Wildman–Crippen LogP) is 2.59. The van der Waals surface area contributed by atoms with Gasteiger partial charge < -0.3 is 10.5 Å². The highest BCUT2D eigenvalue weighted by Gasteiger charge is 2.11. The van der Waals surface area contributed by atoms with Crippen LogP contribution in [0.25, 0.3) is 5.69 Å². The Labute approximate surface area is 101 Å². The van der Waals surface area contributed by atoms with Crippen LogP contribution in [0.4, 0.5) is 5.69 Å². The van der Waals surface area contributed by atoms with E-state index in [9.17, 15) is 0 Å². The van der Waals surface area contributed by atoms with E-state index >= 15 is 0 Å². The zero-order valence-electron chi connectivity index (χ0n) is 10.3. The first kappa shape index (κ1) is 11.5. The van der Waals surface area contributed by atoms with Gasteiger partial charge in [0.05, 0.1) is 19.1 Å². The number of benzene rings is 1. The van der Waals surface area contributed by atoms with Crippen molar-refractivity contribution in [3.63, 3.8) is 0 Å². The molecule has 0 spiro atoms. The van der Waals surface area contributed by atoms with Crippen LogP contribution in [0.1, 0.15) is 25.5 Å². The van der Waals surface area contributed by atoms with E-state index in [1.54, 1.807) is 13.4 Å². The van der Waals surface area contributed by atoms with E-state index in [0.717, 1.165) is 17.1 Å². The van der Waals surface area contributed by atoms with Crippen LogP contribution in [0.15, 0.2) is 30.7 Å². The first-order valence-electron chi connectivity index (χ1n) is 5.59. The highest BCUT2D eigenvalue weighted by atomic mass is 16.5. The Morgan fingerprint density at radius 3 is 2.76 bits per heavy atom. The Hall–Kier alpha value is -1.97. The zero-order valence-corrected chi connectivity index (χ0v) is 10.3. The minimum absolute atomic E-state index is 0.403. The maximum atomic E-state index is 5.75. The maximum Gasteiger partial charge on any atom is 0.144 e. The normalized spacial score (nSPS) is 10.8. The molecule has 1 aromatic heterocycles. The molecule has 0 bridgehead atoms. The summed E-state index contributed by atoms with van der Waals surface area (Å²) < 4.78 is 7.39. The van der Waals surface area contributed by atoms with Crippen molar-refractivity contribution in [2.24, 2.45) is 0 Å². The summed E-state index contributed by atoms with van der Waals surface area (Å²) in [5.74, 6) is 1.16. The number of rotatable bonds is 3. The van der Waals surface area contributed by atoms with Crippen LogP contribution >= 0.6 is 0 Å². The summed E-state index contributed by atoms with van der Waals surface area (Å²) in [6.45, 7) is 4.27. The van der Waals surface area contributed by atoms with Gasteiger partial charge in [-0.1, -0.05) is 13.8 Å². The standard InChI is InChI=1S/C13H17N3O/c1-9(2)12-7-15-8-16(12)11-5-4-10(14)6-13(11)17-3/h4-9H,14H2,1-3H3. The van der Waals surface area contributed by atoms with Gasteiger partial charge in [-0.3, -0.25) is 4.57 Å². The van der Waals surface area contributed by atoms with Crippen molar-refractivity contribution < 1.29 is 4.74 Å². The first-order chi connectivity index (χ1) is 8.13. The van der Waals surface area contributed by atoms with Crippen LogP contribution in [-0.2, 0) is 0 Å². The van der Waals surface area contributed by atoms with E-state index in [-0.39, 0.29) is 0 Å². The highest BCUT2D eigenvalue weighted by molar-refractivity contribution is 5.56. The third kappa shape index (κ3) is 2.11. The topological polar surface area (TPSA) is 53.1 Å². The summed E-state index contributed by atoms with van der Waals surface area (Å²) in [4.78, 5) is 4.19. The van der Waals surface area contributed by atoms with E-state index in [4.69, 9.17) is 10.5 Å². The Balaban J connectivity index is 2.56. The largest absolute Gasteiger partial charge is 0.494 e. The van der Waals surface area contributed by atoms with Gasteiger partial charge in [-0.15, -0.1) is 0 Å². The van der Waals surface area contributed by atoms with Gasteiger partial charge in [-0.05, 0) is 18.1 Å². The number of hydrogen-bond acceptors (Lipinski definition) is 3. The minimum atomic E-state index is 0.403. The van der Waals surface area contributed by atoms with Gasteiger partial charge >= 0.3 is 0 Å². The molecule has 17 heavy (non-hydrogen) atoms. The summed E-state index contributed by atoms with van der Waals surface area (Å²) in [7, 11) is 1.64. The summed E-state index contributed by atoms with van der Waals surface area (Å²) in [5, 5.41) is 0. The molecule has 0 aliphatic carbocycles. The number of methoxy groups -OCH3 is 1. The van der Waals surface area contributed by atoms with Gasteiger partial charge in [-0.2, -0.15) is 0 Å². The van der Waals surface area contributed by atoms with Crippen LogP contribution in [0.2, 0.25) is 0 Å². The number of anilines is 1. The van der Waals surface area contributed by atoms with Gasteiger partial charge in [0, 0.05) is 23.6 Å². The highest BCUT2D eigenvalue weighted by Crippen LogP contribution is 2.28.